The Morgan fingerprint density at radius 1 is 1.21 bits per heavy atom. The van der Waals surface area contributed by atoms with Crippen LogP contribution in [-0.4, -0.2) is 40.9 Å². The Balaban J connectivity index is 1.32. The zero-order chi connectivity index (χ0) is 23.7. The Labute approximate surface area is 201 Å². The van der Waals surface area contributed by atoms with Crippen molar-refractivity contribution in [2.24, 2.45) is 5.92 Å². The number of nitrogens with one attached hydrogen (secondary N) is 4. The summed E-state index contributed by atoms with van der Waals surface area (Å²) in [6.07, 6.45) is -1.01. The number of amides is 2. The average molecular weight is 482 g/mol. The minimum absolute atomic E-state index is 0.122. The molecule has 2 saturated heterocycles. The number of rotatable bonds is 6. The van der Waals surface area contributed by atoms with E-state index in [-0.39, 0.29) is 30.5 Å². The Morgan fingerprint density at radius 3 is 2.82 bits per heavy atom. The fraction of sp³-hybridized carbons (Fsp3) is 0.261. The van der Waals surface area contributed by atoms with E-state index in [2.05, 4.69) is 26.5 Å². The molecule has 0 radical (unpaired) electrons. The number of carbonyl (C=O) groups is 2. The number of benzene rings is 2. The number of nitrogens with zero attached hydrogens (tertiary/aromatic N) is 3. The van der Waals surface area contributed by atoms with E-state index in [0.29, 0.717) is 28.8 Å². The lowest BCUT2D eigenvalue weighted by Gasteiger charge is -2.37. The lowest BCUT2D eigenvalue weighted by molar-refractivity contribution is -0.129. The van der Waals surface area contributed by atoms with Crippen molar-refractivity contribution in [2.45, 2.75) is 19.4 Å². The summed E-state index contributed by atoms with van der Waals surface area (Å²) in [5, 5.41) is 16.2. The highest BCUT2D eigenvalue weighted by Crippen LogP contribution is 2.29. The van der Waals surface area contributed by atoms with Gasteiger partial charge in [-0.05, 0) is 37.3 Å². The van der Waals surface area contributed by atoms with Crippen molar-refractivity contribution in [1.29, 1.82) is 0 Å². The molecule has 2 aromatic carbocycles. The van der Waals surface area contributed by atoms with Crippen LogP contribution < -0.4 is 31.1 Å². The zero-order valence-electron chi connectivity index (χ0n) is 18.4. The third-order valence-corrected chi connectivity index (χ3v) is 5.89. The zero-order valence-corrected chi connectivity index (χ0v) is 19.1. The molecular weight excluding hydrogens is 458 g/mol. The Hall–Kier alpha value is -3.60. The number of para-hydroxylation sites is 1. The van der Waals surface area contributed by atoms with E-state index in [0.717, 1.165) is 5.69 Å². The molecule has 3 aromatic rings. The first-order chi connectivity index (χ1) is 16.5. The largest absolute Gasteiger partial charge is 0.484 e. The number of hydrazine groups is 1. The fourth-order valence-corrected chi connectivity index (χ4v) is 4.30. The van der Waals surface area contributed by atoms with Crippen molar-refractivity contribution in [2.75, 3.05) is 23.5 Å². The highest BCUT2D eigenvalue weighted by molar-refractivity contribution is 6.30. The third kappa shape index (κ3) is 4.56. The quantitative estimate of drug-likeness (QED) is 0.426. The first kappa shape index (κ1) is 22.2. The standard InChI is InChI=1S/C23H24ClN7O3/c1-14-10-19(26-20(32)13-34-17-8-3-2-4-9-17)31(29-14)23-27-21-18(22(33)28-23)12-25-30(21)16-7-5-6-15(24)11-16/h2-11,18,21,23,25,27H,12-13H2,1H3,(H,26,32)(H,28,33). The second kappa shape index (κ2) is 9.34. The van der Waals surface area contributed by atoms with Gasteiger partial charge in [0.25, 0.3) is 5.91 Å². The van der Waals surface area contributed by atoms with Crippen molar-refractivity contribution < 1.29 is 14.3 Å². The Bertz CT molecular complexity index is 1200. The maximum atomic E-state index is 12.9. The van der Waals surface area contributed by atoms with Gasteiger partial charge in [0.05, 0.1) is 17.3 Å². The normalized spacial score (nSPS) is 21.6. The monoisotopic (exact) mass is 481 g/mol. The lowest BCUT2D eigenvalue weighted by atomic mass is 10.0. The molecule has 2 amide bonds. The molecule has 5 rings (SSSR count). The number of carbonyl (C=O) groups excluding carboxylic acids is 2. The molecule has 0 bridgehead atoms. The molecule has 2 fully saturated rings. The van der Waals surface area contributed by atoms with Gasteiger partial charge in [0.2, 0.25) is 5.91 Å². The van der Waals surface area contributed by atoms with E-state index >= 15 is 0 Å². The van der Waals surface area contributed by atoms with Crippen LogP contribution >= 0.6 is 11.6 Å². The highest BCUT2D eigenvalue weighted by Gasteiger charge is 2.45. The number of halogens is 1. The Morgan fingerprint density at radius 2 is 2.03 bits per heavy atom. The van der Waals surface area contributed by atoms with E-state index in [1.54, 1.807) is 28.9 Å². The molecule has 0 aliphatic carbocycles. The molecule has 2 aliphatic heterocycles. The summed E-state index contributed by atoms with van der Waals surface area (Å²) in [6, 6.07) is 18.2. The van der Waals surface area contributed by atoms with Gasteiger partial charge in [-0.2, -0.15) is 5.10 Å². The van der Waals surface area contributed by atoms with Gasteiger partial charge in [-0.25, -0.2) is 10.1 Å². The van der Waals surface area contributed by atoms with Gasteiger partial charge in [-0.3, -0.25) is 19.9 Å². The third-order valence-electron chi connectivity index (χ3n) is 5.65. The lowest BCUT2D eigenvalue weighted by Crippen LogP contribution is -2.61. The molecule has 3 heterocycles. The van der Waals surface area contributed by atoms with Gasteiger partial charge in [-0.1, -0.05) is 35.9 Å². The van der Waals surface area contributed by atoms with E-state index in [4.69, 9.17) is 16.3 Å². The van der Waals surface area contributed by atoms with Crippen molar-refractivity contribution in [3.8, 4) is 5.75 Å². The van der Waals surface area contributed by atoms with Crippen molar-refractivity contribution >= 4 is 34.9 Å². The number of fused-ring (bicyclic) bond motifs is 1. The number of anilines is 2. The number of hydrogen-bond donors (Lipinski definition) is 4. The summed E-state index contributed by atoms with van der Waals surface area (Å²) in [5.41, 5.74) is 4.79. The number of hydrogen-bond acceptors (Lipinski definition) is 7. The van der Waals surface area contributed by atoms with E-state index in [1.807, 2.05) is 48.3 Å². The number of aromatic nitrogens is 2. The minimum atomic E-state index is -0.672. The van der Waals surface area contributed by atoms with Crippen LogP contribution in [0.15, 0.2) is 60.7 Å². The van der Waals surface area contributed by atoms with Gasteiger partial charge in [0.15, 0.2) is 12.9 Å². The van der Waals surface area contributed by atoms with Crippen LogP contribution in [0.2, 0.25) is 5.02 Å². The van der Waals surface area contributed by atoms with Gasteiger partial charge in [-0.15, -0.1) is 0 Å². The molecule has 4 N–H and O–H groups in total. The topological polar surface area (TPSA) is 113 Å². The molecule has 3 unspecified atom stereocenters. The SMILES string of the molecule is Cc1cc(NC(=O)COc2ccccc2)n(C2NC(=O)C3CNN(c4cccc(Cl)c4)C3N2)n1. The van der Waals surface area contributed by atoms with Crippen LogP contribution in [0, 0.1) is 12.8 Å². The summed E-state index contributed by atoms with van der Waals surface area (Å²) in [5.74, 6) is 0.265. The minimum Gasteiger partial charge on any atom is -0.484 e. The summed E-state index contributed by atoms with van der Waals surface area (Å²) < 4.78 is 7.08. The second-order valence-electron chi connectivity index (χ2n) is 8.11. The predicted molar refractivity (Wildman–Crippen MR) is 127 cm³/mol. The maximum Gasteiger partial charge on any atom is 0.263 e. The molecule has 0 saturated carbocycles. The van der Waals surface area contributed by atoms with Gasteiger partial charge in [0, 0.05) is 17.6 Å². The Kier molecular flexibility index (Phi) is 6.10. The van der Waals surface area contributed by atoms with Gasteiger partial charge >= 0.3 is 0 Å². The van der Waals surface area contributed by atoms with Crippen LogP contribution in [0.1, 0.15) is 12.0 Å². The number of aryl methyl sites for hydroxylation is 1. The van der Waals surface area contributed by atoms with Crippen LogP contribution in [0.4, 0.5) is 11.5 Å². The maximum absolute atomic E-state index is 12.9. The van der Waals surface area contributed by atoms with Gasteiger partial charge in [0.1, 0.15) is 17.7 Å². The van der Waals surface area contributed by atoms with Crippen molar-refractivity contribution in [1.82, 2.24) is 25.8 Å². The predicted octanol–water partition coefficient (Wildman–Crippen LogP) is 2.01. The molecule has 10 nitrogen and oxygen atoms in total. The number of ether oxygens (including phenoxy) is 1. The first-order valence-electron chi connectivity index (χ1n) is 10.9. The summed E-state index contributed by atoms with van der Waals surface area (Å²) in [4.78, 5) is 25.4. The molecule has 2 aliphatic rings. The van der Waals surface area contributed by atoms with Gasteiger partial charge < -0.3 is 15.4 Å². The molecule has 0 spiro atoms. The van der Waals surface area contributed by atoms with Crippen LogP contribution in [0.25, 0.3) is 0 Å². The highest BCUT2D eigenvalue weighted by atomic mass is 35.5. The second-order valence-corrected chi connectivity index (χ2v) is 8.54. The van der Waals surface area contributed by atoms with Crippen molar-refractivity contribution in [3.63, 3.8) is 0 Å². The fourth-order valence-electron chi connectivity index (χ4n) is 4.12. The molecule has 34 heavy (non-hydrogen) atoms. The average Bonchev–Trinajstić information content (AvgIpc) is 3.42. The van der Waals surface area contributed by atoms with Crippen LogP contribution in [0.5, 0.6) is 5.75 Å². The molecular formula is C23H24ClN7O3. The molecule has 176 valence electrons. The molecule has 11 heteroatoms. The van der Waals surface area contributed by atoms with Crippen LogP contribution in [-0.2, 0) is 9.59 Å². The summed E-state index contributed by atoms with van der Waals surface area (Å²) in [7, 11) is 0. The molecule has 3 atom stereocenters. The van der Waals surface area contributed by atoms with E-state index < -0.39 is 6.29 Å². The van der Waals surface area contributed by atoms with Crippen LogP contribution in [0.3, 0.4) is 0 Å². The summed E-state index contributed by atoms with van der Waals surface area (Å²) >= 11 is 6.17. The molecule has 1 aromatic heterocycles. The van der Waals surface area contributed by atoms with E-state index in [1.165, 1.54) is 0 Å². The summed E-state index contributed by atoms with van der Waals surface area (Å²) in [6.45, 7) is 2.13. The van der Waals surface area contributed by atoms with Crippen molar-refractivity contribution in [3.05, 3.63) is 71.4 Å². The van der Waals surface area contributed by atoms with E-state index in [9.17, 15) is 9.59 Å². The first-order valence-corrected chi connectivity index (χ1v) is 11.2. The smallest absolute Gasteiger partial charge is 0.263 e.